The highest BCUT2D eigenvalue weighted by Crippen LogP contribution is 2.23. The summed E-state index contributed by atoms with van der Waals surface area (Å²) >= 11 is 1.33. The lowest BCUT2D eigenvalue weighted by atomic mass is 10.2. The molecule has 2 aromatic carbocycles. The Bertz CT molecular complexity index is 767. The smallest absolute Gasteiger partial charge is 0.180 e. The van der Waals surface area contributed by atoms with Crippen molar-refractivity contribution in [2.24, 2.45) is 15.9 Å². The molecule has 0 saturated carbocycles. The van der Waals surface area contributed by atoms with Crippen molar-refractivity contribution >= 4 is 23.1 Å². The van der Waals surface area contributed by atoms with Crippen molar-refractivity contribution < 1.29 is 13.5 Å². The Hall–Kier alpha value is -2.41. The van der Waals surface area contributed by atoms with Gasteiger partial charge in [-0.3, -0.25) is 0 Å². The van der Waals surface area contributed by atoms with Gasteiger partial charge in [0.1, 0.15) is 5.82 Å². The lowest BCUT2D eigenvalue weighted by Gasteiger charge is -2.09. The summed E-state index contributed by atoms with van der Waals surface area (Å²) in [4.78, 5) is 0. The predicted molar refractivity (Wildman–Crippen MR) is 104 cm³/mol. The minimum absolute atomic E-state index is 0.0330. The summed E-state index contributed by atoms with van der Waals surface area (Å²) in [5.41, 5.74) is 7.09. The monoisotopic (exact) mass is 377 g/mol. The minimum atomic E-state index is -0.766. The van der Waals surface area contributed by atoms with E-state index in [0.29, 0.717) is 12.4 Å². The van der Waals surface area contributed by atoms with Gasteiger partial charge in [0, 0.05) is 17.4 Å². The number of nitrogens with zero attached hydrogens (tertiary/aromatic N) is 2. The number of hydrogen-bond acceptors (Lipinski definition) is 4. The number of halogens is 2. The topological polar surface area (TPSA) is 60.0 Å². The lowest BCUT2D eigenvalue weighted by Crippen LogP contribution is -2.06. The number of thioether (sulfide) groups is 1. The molecule has 0 radical (unpaired) electrons. The highest BCUT2D eigenvalue weighted by Gasteiger charge is 2.11. The minimum Gasteiger partial charge on any atom is -0.490 e. The zero-order valence-corrected chi connectivity index (χ0v) is 15.3. The van der Waals surface area contributed by atoms with Gasteiger partial charge in [0.2, 0.25) is 0 Å². The predicted octanol–water partition coefficient (Wildman–Crippen LogP) is 4.73. The second kappa shape index (κ2) is 10.6. The number of hydrogen-bond donors (Lipinski definition) is 1. The standard InChI is InChI=1S/C19H21F2N3OS/c1-2-3-9-25-18-15(10-16(20)11-17(18)21)12-23-24-19(22)26-13-14-7-5-4-6-8-14/h4-8,10-12H,2-3,9,13H2,1H3,(H2,22,24). The first-order valence-electron chi connectivity index (χ1n) is 8.25. The van der Waals surface area contributed by atoms with Gasteiger partial charge in [-0.25, -0.2) is 8.78 Å². The molecule has 0 unspecified atom stereocenters. The van der Waals surface area contributed by atoms with Gasteiger partial charge >= 0.3 is 0 Å². The van der Waals surface area contributed by atoms with Crippen LogP contribution in [-0.2, 0) is 5.75 Å². The number of rotatable bonds is 8. The van der Waals surface area contributed by atoms with Gasteiger partial charge in [-0.2, -0.15) is 5.10 Å². The fourth-order valence-electron chi connectivity index (χ4n) is 2.06. The highest BCUT2D eigenvalue weighted by atomic mass is 32.2. The van der Waals surface area contributed by atoms with Crippen molar-refractivity contribution in [1.82, 2.24) is 0 Å². The average molecular weight is 377 g/mol. The zero-order chi connectivity index (χ0) is 18.8. The normalized spacial score (nSPS) is 11.9. The fraction of sp³-hybridized carbons (Fsp3) is 0.263. The Balaban J connectivity index is 2.03. The Kier molecular flexibility index (Phi) is 8.08. The summed E-state index contributed by atoms with van der Waals surface area (Å²) in [6.07, 6.45) is 2.92. The largest absolute Gasteiger partial charge is 0.490 e. The van der Waals surface area contributed by atoms with E-state index in [1.165, 1.54) is 18.0 Å². The second-order valence-electron chi connectivity index (χ2n) is 5.47. The van der Waals surface area contributed by atoms with E-state index < -0.39 is 11.6 Å². The van der Waals surface area contributed by atoms with E-state index in [1.54, 1.807) is 0 Å². The number of benzene rings is 2. The van der Waals surface area contributed by atoms with Crippen LogP contribution in [0.5, 0.6) is 5.75 Å². The van der Waals surface area contributed by atoms with E-state index >= 15 is 0 Å². The molecule has 0 saturated heterocycles. The maximum Gasteiger partial charge on any atom is 0.180 e. The molecule has 2 rings (SSSR count). The molecule has 0 spiro atoms. The first-order valence-corrected chi connectivity index (χ1v) is 9.23. The zero-order valence-electron chi connectivity index (χ0n) is 14.5. The Morgan fingerprint density at radius 2 is 2.00 bits per heavy atom. The molecule has 0 aliphatic carbocycles. The van der Waals surface area contributed by atoms with Crippen molar-refractivity contribution in [3.63, 3.8) is 0 Å². The molecule has 0 fully saturated rings. The van der Waals surface area contributed by atoms with Gasteiger partial charge in [0.15, 0.2) is 16.7 Å². The Labute approximate surface area is 156 Å². The van der Waals surface area contributed by atoms with Gasteiger partial charge in [0.05, 0.1) is 12.8 Å². The summed E-state index contributed by atoms with van der Waals surface area (Å²) in [6.45, 7) is 2.34. The molecule has 0 bridgehead atoms. The molecule has 7 heteroatoms. The van der Waals surface area contributed by atoms with Crippen LogP contribution in [0.3, 0.4) is 0 Å². The van der Waals surface area contributed by atoms with Crippen LogP contribution in [-0.4, -0.2) is 18.0 Å². The summed E-state index contributed by atoms with van der Waals surface area (Å²) in [6, 6.07) is 11.7. The molecular weight excluding hydrogens is 356 g/mol. The number of nitrogens with two attached hydrogens (primary N) is 1. The maximum atomic E-state index is 13.9. The van der Waals surface area contributed by atoms with Crippen molar-refractivity contribution in [2.45, 2.75) is 25.5 Å². The Morgan fingerprint density at radius 1 is 1.23 bits per heavy atom. The molecule has 0 aliphatic heterocycles. The molecule has 26 heavy (non-hydrogen) atoms. The maximum absolute atomic E-state index is 13.9. The first-order chi connectivity index (χ1) is 12.6. The fourth-order valence-corrected chi connectivity index (χ4v) is 2.67. The van der Waals surface area contributed by atoms with Crippen LogP contribution in [0.25, 0.3) is 0 Å². The van der Waals surface area contributed by atoms with Crippen molar-refractivity contribution in [2.75, 3.05) is 6.61 Å². The van der Waals surface area contributed by atoms with Crippen LogP contribution < -0.4 is 10.5 Å². The Morgan fingerprint density at radius 3 is 2.73 bits per heavy atom. The van der Waals surface area contributed by atoms with E-state index in [1.807, 2.05) is 37.3 Å². The number of ether oxygens (including phenoxy) is 1. The summed E-state index contributed by atoms with van der Waals surface area (Å²) in [5.74, 6) is -0.847. The van der Waals surface area contributed by atoms with Gasteiger partial charge in [0.25, 0.3) is 0 Å². The van der Waals surface area contributed by atoms with Crippen LogP contribution in [0, 0.1) is 11.6 Å². The van der Waals surface area contributed by atoms with Crippen molar-refractivity contribution in [3.05, 3.63) is 65.2 Å². The van der Waals surface area contributed by atoms with Gasteiger partial charge in [-0.15, -0.1) is 5.10 Å². The van der Waals surface area contributed by atoms with Crippen LogP contribution in [0.1, 0.15) is 30.9 Å². The molecule has 0 heterocycles. The first kappa shape index (κ1) is 19.9. The summed E-state index contributed by atoms with van der Waals surface area (Å²) < 4.78 is 32.8. The van der Waals surface area contributed by atoms with E-state index in [-0.39, 0.29) is 16.5 Å². The van der Waals surface area contributed by atoms with E-state index in [9.17, 15) is 8.78 Å². The van der Waals surface area contributed by atoms with E-state index in [0.717, 1.165) is 30.5 Å². The van der Waals surface area contributed by atoms with E-state index in [2.05, 4.69) is 10.2 Å². The van der Waals surface area contributed by atoms with Gasteiger partial charge in [-0.1, -0.05) is 55.4 Å². The third-order valence-electron chi connectivity index (χ3n) is 3.36. The van der Waals surface area contributed by atoms with Crippen molar-refractivity contribution in [1.29, 1.82) is 0 Å². The average Bonchev–Trinajstić information content (AvgIpc) is 2.63. The molecular formula is C19H21F2N3OS. The molecule has 138 valence electrons. The molecule has 4 nitrogen and oxygen atoms in total. The van der Waals surface area contributed by atoms with Gasteiger partial charge in [-0.05, 0) is 18.1 Å². The quantitative estimate of drug-likeness (QED) is 0.313. The third kappa shape index (κ3) is 6.48. The van der Waals surface area contributed by atoms with E-state index in [4.69, 9.17) is 10.5 Å². The molecule has 0 aliphatic rings. The number of amidine groups is 1. The molecule has 0 aromatic heterocycles. The molecule has 0 amide bonds. The molecule has 2 aromatic rings. The number of unbranched alkanes of at least 4 members (excludes halogenated alkanes) is 1. The van der Waals surface area contributed by atoms with Crippen molar-refractivity contribution in [3.8, 4) is 5.75 Å². The SMILES string of the molecule is CCCCOc1c(F)cc(F)cc1C=NN=C(N)SCc1ccccc1. The van der Waals surface area contributed by atoms with Crippen LogP contribution >= 0.6 is 11.8 Å². The lowest BCUT2D eigenvalue weighted by molar-refractivity contribution is 0.293. The second-order valence-corrected chi connectivity index (χ2v) is 6.46. The summed E-state index contributed by atoms with van der Waals surface area (Å²) in [5, 5.41) is 7.95. The summed E-state index contributed by atoms with van der Waals surface area (Å²) in [7, 11) is 0. The van der Waals surface area contributed by atoms with Gasteiger partial charge < -0.3 is 10.5 Å². The van der Waals surface area contributed by atoms with Crippen LogP contribution in [0.15, 0.2) is 52.7 Å². The van der Waals surface area contributed by atoms with Crippen LogP contribution in [0.4, 0.5) is 8.78 Å². The molecule has 0 atom stereocenters. The highest BCUT2D eigenvalue weighted by molar-refractivity contribution is 8.13. The molecule has 2 N–H and O–H groups in total. The third-order valence-corrected chi connectivity index (χ3v) is 4.22. The van der Waals surface area contributed by atoms with Crippen LogP contribution in [0.2, 0.25) is 0 Å².